The number of hydrogen-bond donors (Lipinski definition) is 3. The molecule has 6 heteroatoms. The van der Waals surface area contributed by atoms with Crippen LogP contribution in [-0.4, -0.2) is 24.8 Å². The Bertz CT molecular complexity index is 470. The normalized spacial score (nSPS) is 26.9. The van der Waals surface area contributed by atoms with Crippen molar-refractivity contribution in [3.8, 4) is 0 Å². The highest BCUT2D eigenvalue weighted by Crippen LogP contribution is 2.36. The van der Waals surface area contributed by atoms with Gasteiger partial charge in [-0.05, 0) is 30.8 Å². The second kappa shape index (κ2) is 7.38. The summed E-state index contributed by atoms with van der Waals surface area (Å²) < 4.78 is 5.52. The second-order valence-corrected chi connectivity index (χ2v) is 5.76. The number of cyclic esters (lactones) is 1. The fraction of sp³-hybridized carbons (Fsp3) is 0.600. The fourth-order valence-electron chi connectivity index (χ4n) is 3.03. The lowest BCUT2D eigenvalue weighted by Gasteiger charge is -2.34. The van der Waals surface area contributed by atoms with E-state index in [0.29, 0.717) is 18.9 Å². The van der Waals surface area contributed by atoms with Gasteiger partial charge in [-0.2, -0.15) is 5.10 Å². The Morgan fingerprint density at radius 1 is 1.62 bits per heavy atom. The average molecular weight is 292 g/mol. The third-order valence-electron chi connectivity index (χ3n) is 4.12. The Hall–Kier alpha value is -1.66. The summed E-state index contributed by atoms with van der Waals surface area (Å²) in [5, 5.41) is 3.52. The van der Waals surface area contributed by atoms with Crippen molar-refractivity contribution in [2.24, 2.45) is 28.6 Å². The summed E-state index contributed by atoms with van der Waals surface area (Å²) in [7, 11) is 0. The van der Waals surface area contributed by atoms with Gasteiger partial charge in [0.2, 0.25) is 0 Å². The summed E-state index contributed by atoms with van der Waals surface area (Å²) in [6.45, 7) is 2.64. The molecule has 1 heterocycles. The monoisotopic (exact) mass is 292 g/mol. The first-order chi connectivity index (χ1) is 10.2. The van der Waals surface area contributed by atoms with Gasteiger partial charge in [0.25, 0.3) is 0 Å². The van der Waals surface area contributed by atoms with Gasteiger partial charge in [-0.1, -0.05) is 24.6 Å². The molecule has 0 bridgehead atoms. The number of nitrogens with one attached hydrogen (secondary N) is 1. The molecule has 0 aromatic carbocycles. The van der Waals surface area contributed by atoms with E-state index in [4.69, 9.17) is 16.4 Å². The molecular weight excluding hydrogens is 268 g/mol. The van der Waals surface area contributed by atoms with Gasteiger partial charge in [0.1, 0.15) is 6.10 Å². The maximum absolute atomic E-state index is 11.8. The smallest absolute Gasteiger partial charge is 0.310 e. The molecular formula is C15H24N4O2. The number of hydrazone groups is 1. The minimum Gasteiger partial charge on any atom is -0.457 e. The summed E-state index contributed by atoms with van der Waals surface area (Å²) in [4.78, 5) is 11.8. The van der Waals surface area contributed by atoms with Crippen LogP contribution >= 0.6 is 0 Å². The zero-order valence-corrected chi connectivity index (χ0v) is 12.4. The van der Waals surface area contributed by atoms with E-state index in [-0.39, 0.29) is 18.0 Å². The lowest BCUT2D eigenvalue weighted by Crippen LogP contribution is -2.39. The van der Waals surface area contributed by atoms with Gasteiger partial charge >= 0.3 is 5.97 Å². The van der Waals surface area contributed by atoms with Crippen LogP contribution in [0.25, 0.3) is 0 Å². The van der Waals surface area contributed by atoms with Crippen LogP contribution in [0.2, 0.25) is 0 Å². The largest absolute Gasteiger partial charge is 0.457 e. The molecule has 2 unspecified atom stereocenters. The molecule has 21 heavy (non-hydrogen) atoms. The third-order valence-corrected chi connectivity index (χ3v) is 4.12. The van der Waals surface area contributed by atoms with E-state index < -0.39 is 0 Å². The number of esters is 1. The summed E-state index contributed by atoms with van der Waals surface area (Å²) >= 11 is 0. The molecule has 0 aromatic rings. The molecule has 2 rings (SSSR count). The Balaban J connectivity index is 2.08. The summed E-state index contributed by atoms with van der Waals surface area (Å²) in [6.07, 6.45) is 9.03. The van der Waals surface area contributed by atoms with E-state index >= 15 is 0 Å². The molecule has 5 N–H and O–H groups in total. The van der Waals surface area contributed by atoms with Crippen molar-refractivity contribution in [3.05, 3.63) is 23.3 Å². The zero-order chi connectivity index (χ0) is 15.2. The number of carbonyl (C=O) groups excluding carboxylic acids is 1. The quantitative estimate of drug-likeness (QED) is 0.293. The molecule has 6 nitrogen and oxygen atoms in total. The lowest BCUT2D eigenvalue weighted by molar-refractivity contribution is -0.150. The number of rotatable bonds is 6. The molecule has 0 fully saturated rings. The molecule has 0 aromatic heterocycles. The molecule has 1 aliphatic heterocycles. The molecule has 0 radical (unpaired) electrons. The van der Waals surface area contributed by atoms with Gasteiger partial charge in [0.15, 0.2) is 0 Å². The van der Waals surface area contributed by atoms with Crippen LogP contribution in [-0.2, 0) is 9.53 Å². The second-order valence-electron chi connectivity index (χ2n) is 5.76. The molecule has 2 aliphatic rings. The van der Waals surface area contributed by atoms with Crippen LogP contribution in [0.1, 0.15) is 32.6 Å². The van der Waals surface area contributed by atoms with Crippen molar-refractivity contribution in [2.75, 3.05) is 6.54 Å². The number of nitrogens with zero attached hydrogens (tertiary/aromatic N) is 1. The Kier molecular flexibility index (Phi) is 5.52. The third kappa shape index (κ3) is 3.92. The van der Waals surface area contributed by atoms with E-state index in [1.807, 2.05) is 6.92 Å². The molecule has 0 spiro atoms. The fourth-order valence-corrected chi connectivity index (χ4v) is 3.03. The number of carbonyl (C=O) groups is 1. The number of nitrogens with two attached hydrogens (primary N) is 2. The van der Waals surface area contributed by atoms with Gasteiger partial charge in [0, 0.05) is 18.7 Å². The molecule has 3 atom stereocenters. The highest BCUT2D eigenvalue weighted by atomic mass is 16.5. The van der Waals surface area contributed by atoms with Crippen molar-refractivity contribution < 1.29 is 9.53 Å². The Labute approximate surface area is 125 Å². The van der Waals surface area contributed by atoms with Crippen molar-refractivity contribution in [1.82, 2.24) is 5.43 Å². The summed E-state index contributed by atoms with van der Waals surface area (Å²) in [5.41, 5.74) is 5.01. The first kappa shape index (κ1) is 15.7. The molecule has 0 saturated carbocycles. The van der Waals surface area contributed by atoms with E-state index in [1.54, 1.807) is 6.21 Å². The zero-order valence-electron chi connectivity index (χ0n) is 12.4. The average Bonchev–Trinajstić information content (AvgIpc) is 2.46. The number of hydrogen-bond acceptors (Lipinski definition) is 6. The van der Waals surface area contributed by atoms with Gasteiger partial charge < -0.3 is 10.6 Å². The van der Waals surface area contributed by atoms with E-state index in [2.05, 4.69) is 22.7 Å². The maximum atomic E-state index is 11.8. The predicted octanol–water partition coefficient (Wildman–Crippen LogP) is 0.999. The van der Waals surface area contributed by atoms with E-state index in [9.17, 15) is 4.79 Å². The highest BCUT2D eigenvalue weighted by molar-refractivity contribution is 5.75. The number of hydrazine groups is 1. The molecule has 116 valence electrons. The Morgan fingerprint density at radius 2 is 2.43 bits per heavy atom. The number of allylic oxidation sites excluding steroid dienone is 1. The highest BCUT2D eigenvalue weighted by Gasteiger charge is 2.33. The van der Waals surface area contributed by atoms with Crippen molar-refractivity contribution >= 4 is 12.2 Å². The predicted molar refractivity (Wildman–Crippen MR) is 82.0 cm³/mol. The van der Waals surface area contributed by atoms with Gasteiger partial charge in [-0.3, -0.25) is 16.1 Å². The minimum atomic E-state index is -0.194. The maximum Gasteiger partial charge on any atom is 0.310 e. The topological polar surface area (TPSA) is 103 Å². The lowest BCUT2D eigenvalue weighted by atomic mass is 9.80. The van der Waals surface area contributed by atoms with Crippen molar-refractivity contribution in [1.29, 1.82) is 0 Å². The van der Waals surface area contributed by atoms with Crippen LogP contribution in [0, 0.1) is 11.8 Å². The van der Waals surface area contributed by atoms with Crippen LogP contribution < -0.4 is 17.1 Å². The van der Waals surface area contributed by atoms with Crippen LogP contribution in [0.15, 0.2) is 28.4 Å². The summed E-state index contributed by atoms with van der Waals surface area (Å²) in [6, 6.07) is 0. The van der Waals surface area contributed by atoms with Crippen molar-refractivity contribution in [2.45, 2.75) is 38.7 Å². The first-order valence-electron chi connectivity index (χ1n) is 7.40. The van der Waals surface area contributed by atoms with Crippen molar-refractivity contribution in [3.63, 3.8) is 0 Å². The Morgan fingerprint density at radius 3 is 3.14 bits per heavy atom. The van der Waals surface area contributed by atoms with Gasteiger partial charge in [-0.15, -0.1) is 0 Å². The molecule has 0 saturated heterocycles. The molecule has 1 aliphatic carbocycles. The minimum absolute atomic E-state index is 0.139. The van der Waals surface area contributed by atoms with Crippen LogP contribution in [0.4, 0.5) is 0 Å². The SMILES string of the molecule is C[C@@H](CNN)C1OC(=O)CC2=C1C=CC(CC/C=N/N)C2. The van der Waals surface area contributed by atoms with E-state index in [0.717, 1.165) is 24.8 Å². The van der Waals surface area contributed by atoms with E-state index in [1.165, 1.54) is 5.57 Å². The summed E-state index contributed by atoms with van der Waals surface area (Å²) in [5.74, 6) is 10.9. The standard InChI is InChI=1S/C15H24N4O2/c1-10(9-19-17)15-13-5-4-11(3-2-6-18-16)7-12(13)8-14(20)21-15/h4-6,10-11,15,19H,2-3,7-9,16-17H2,1H3/b18-6+/t10-,11?,15?/m0/s1. The van der Waals surface area contributed by atoms with Crippen LogP contribution in [0.5, 0.6) is 0 Å². The number of ether oxygens (including phenoxy) is 1. The van der Waals surface area contributed by atoms with Gasteiger partial charge in [0.05, 0.1) is 6.42 Å². The van der Waals surface area contributed by atoms with Crippen LogP contribution in [0.3, 0.4) is 0 Å². The first-order valence-corrected chi connectivity index (χ1v) is 7.40. The van der Waals surface area contributed by atoms with Gasteiger partial charge in [-0.25, -0.2) is 0 Å². The molecule has 0 amide bonds.